The summed E-state index contributed by atoms with van der Waals surface area (Å²) in [6.07, 6.45) is 7.76. The molecule has 0 amide bonds. The minimum absolute atomic E-state index is 0.512. The summed E-state index contributed by atoms with van der Waals surface area (Å²) in [6.45, 7) is 3.19. The standard InChI is InChI=1S/C18H23N3OS/c1-23(22)18-6-4-16(5-7-18)20-17-8-11-21(12-9-17)14-15-3-2-10-19-13-15/h2-7,10,13,17,20H,8-9,11-12,14H2,1H3/t23-/m1/s1. The summed E-state index contributed by atoms with van der Waals surface area (Å²) >= 11 is 0. The molecule has 2 aromatic rings. The van der Waals surface area contributed by atoms with Gasteiger partial charge in [-0.25, -0.2) is 0 Å². The maximum absolute atomic E-state index is 11.4. The SMILES string of the molecule is C[S@@](=O)c1ccc(NC2CCN(Cc3cccnc3)CC2)cc1. The molecule has 2 heterocycles. The molecule has 0 aliphatic carbocycles. The van der Waals surface area contributed by atoms with E-state index in [1.54, 1.807) is 6.26 Å². The fourth-order valence-corrected chi connectivity index (χ4v) is 3.48. The first-order valence-corrected chi connectivity index (χ1v) is 9.58. The van der Waals surface area contributed by atoms with Gasteiger partial charge in [0.25, 0.3) is 0 Å². The van der Waals surface area contributed by atoms with Gasteiger partial charge in [0.15, 0.2) is 0 Å². The van der Waals surface area contributed by atoms with E-state index < -0.39 is 10.8 Å². The molecule has 122 valence electrons. The monoisotopic (exact) mass is 329 g/mol. The average molecular weight is 329 g/mol. The summed E-state index contributed by atoms with van der Waals surface area (Å²) in [4.78, 5) is 7.54. The van der Waals surface area contributed by atoms with E-state index in [1.807, 2.05) is 42.7 Å². The van der Waals surface area contributed by atoms with Gasteiger partial charge in [-0.1, -0.05) is 6.07 Å². The highest BCUT2D eigenvalue weighted by atomic mass is 32.2. The van der Waals surface area contributed by atoms with Gasteiger partial charge >= 0.3 is 0 Å². The molecule has 0 radical (unpaired) electrons. The van der Waals surface area contributed by atoms with E-state index in [0.29, 0.717) is 6.04 Å². The first kappa shape index (κ1) is 16.1. The maximum atomic E-state index is 11.4. The van der Waals surface area contributed by atoms with Crippen LogP contribution in [0.4, 0.5) is 5.69 Å². The van der Waals surface area contributed by atoms with Gasteiger partial charge in [0.2, 0.25) is 0 Å². The molecule has 0 spiro atoms. The normalized spacial score (nSPS) is 17.8. The van der Waals surface area contributed by atoms with Crippen LogP contribution in [-0.4, -0.2) is 39.5 Å². The number of aromatic nitrogens is 1. The van der Waals surface area contributed by atoms with Crippen LogP contribution in [0.1, 0.15) is 18.4 Å². The molecule has 23 heavy (non-hydrogen) atoms. The lowest BCUT2D eigenvalue weighted by atomic mass is 10.0. The van der Waals surface area contributed by atoms with Gasteiger partial charge in [0.05, 0.1) is 0 Å². The van der Waals surface area contributed by atoms with Crippen molar-refractivity contribution in [3.05, 3.63) is 54.4 Å². The van der Waals surface area contributed by atoms with Crippen LogP contribution < -0.4 is 5.32 Å². The number of hydrogen-bond donors (Lipinski definition) is 1. The van der Waals surface area contributed by atoms with Gasteiger partial charge in [-0.05, 0) is 48.7 Å². The van der Waals surface area contributed by atoms with Crippen LogP contribution in [-0.2, 0) is 17.3 Å². The van der Waals surface area contributed by atoms with E-state index in [0.717, 1.165) is 43.1 Å². The zero-order valence-electron chi connectivity index (χ0n) is 13.4. The van der Waals surface area contributed by atoms with E-state index in [-0.39, 0.29) is 0 Å². The lowest BCUT2D eigenvalue weighted by Gasteiger charge is -2.32. The Hall–Kier alpha value is -1.72. The lowest BCUT2D eigenvalue weighted by molar-refractivity contribution is 0.211. The Morgan fingerprint density at radius 2 is 1.96 bits per heavy atom. The van der Waals surface area contributed by atoms with Crippen molar-refractivity contribution in [1.82, 2.24) is 9.88 Å². The molecular formula is C18H23N3OS. The predicted molar refractivity (Wildman–Crippen MR) is 94.9 cm³/mol. The van der Waals surface area contributed by atoms with Gasteiger partial charge in [-0.2, -0.15) is 0 Å². The van der Waals surface area contributed by atoms with Crippen LogP contribution in [0.3, 0.4) is 0 Å². The van der Waals surface area contributed by atoms with Gasteiger partial charge < -0.3 is 5.32 Å². The summed E-state index contributed by atoms with van der Waals surface area (Å²) in [7, 11) is -0.908. The summed E-state index contributed by atoms with van der Waals surface area (Å²) < 4.78 is 11.4. The highest BCUT2D eigenvalue weighted by Gasteiger charge is 2.19. The molecule has 0 unspecified atom stereocenters. The Kier molecular flexibility index (Phi) is 5.41. The number of nitrogens with zero attached hydrogens (tertiary/aromatic N) is 2. The first-order valence-electron chi connectivity index (χ1n) is 8.02. The fraction of sp³-hybridized carbons (Fsp3) is 0.389. The van der Waals surface area contributed by atoms with E-state index in [2.05, 4.69) is 21.3 Å². The minimum Gasteiger partial charge on any atom is -0.382 e. The largest absolute Gasteiger partial charge is 0.382 e. The lowest BCUT2D eigenvalue weighted by Crippen LogP contribution is -2.38. The van der Waals surface area contributed by atoms with Gasteiger partial charge in [0.1, 0.15) is 0 Å². The number of hydrogen-bond acceptors (Lipinski definition) is 4. The molecule has 1 aromatic carbocycles. The smallest absolute Gasteiger partial charge is 0.0498 e. The molecule has 1 saturated heterocycles. The third-order valence-electron chi connectivity index (χ3n) is 4.27. The summed E-state index contributed by atoms with van der Waals surface area (Å²) in [5.74, 6) is 0. The van der Waals surface area contributed by atoms with Crippen molar-refractivity contribution in [2.75, 3.05) is 24.7 Å². The number of likely N-dealkylation sites (tertiary alicyclic amines) is 1. The molecule has 1 N–H and O–H groups in total. The minimum atomic E-state index is -0.908. The number of nitrogens with one attached hydrogen (secondary N) is 1. The van der Waals surface area contributed by atoms with Crippen LogP contribution in [0, 0.1) is 0 Å². The molecule has 3 rings (SSSR count). The molecule has 1 fully saturated rings. The van der Waals surface area contributed by atoms with E-state index >= 15 is 0 Å². The fourth-order valence-electron chi connectivity index (χ4n) is 2.96. The Morgan fingerprint density at radius 1 is 1.22 bits per heavy atom. The van der Waals surface area contributed by atoms with Crippen LogP contribution in [0.25, 0.3) is 0 Å². The van der Waals surface area contributed by atoms with Crippen LogP contribution in [0.5, 0.6) is 0 Å². The number of anilines is 1. The van der Waals surface area contributed by atoms with Crippen molar-refractivity contribution < 1.29 is 4.21 Å². The Morgan fingerprint density at radius 3 is 2.57 bits per heavy atom. The topological polar surface area (TPSA) is 45.2 Å². The molecule has 1 aromatic heterocycles. The van der Waals surface area contributed by atoms with Crippen molar-refractivity contribution >= 4 is 16.5 Å². The predicted octanol–water partition coefficient (Wildman–Crippen LogP) is 2.90. The quantitative estimate of drug-likeness (QED) is 0.916. The zero-order valence-corrected chi connectivity index (χ0v) is 14.3. The molecule has 0 bridgehead atoms. The van der Waals surface area contributed by atoms with Crippen molar-refractivity contribution in [3.8, 4) is 0 Å². The van der Waals surface area contributed by atoms with Crippen molar-refractivity contribution in [3.63, 3.8) is 0 Å². The van der Waals surface area contributed by atoms with Gasteiger partial charge in [0, 0.05) is 65.7 Å². The van der Waals surface area contributed by atoms with Crippen molar-refractivity contribution in [1.29, 1.82) is 0 Å². The highest BCUT2D eigenvalue weighted by Crippen LogP contribution is 2.19. The first-order chi connectivity index (χ1) is 11.2. The highest BCUT2D eigenvalue weighted by molar-refractivity contribution is 7.84. The van der Waals surface area contributed by atoms with Gasteiger partial charge in [-0.3, -0.25) is 14.1 Å². The third-order valence-corrected chi connectivity index (χ3v) is 5.21. The Balaban J connectivity index is 1.48. The number of piperidine rings is 1. The molecule has 1 aliphatic rings. The number of pyridine rings is 1. The van der Waals surface area contributed by atoms with Crippen LogP contribution in [0.2, 0.25) is 0 Å². The van der Waals surface area contributed by atoms with Crippen molar-refractivity contribution in [2.24, 2.45) is 0 Å². The van der Waals surface area contributed by atoms with Crippen LogP contribution >= 0.6 is 0 Å². The summed E-state index contributed by atoms with van der Waals surface area (Å²) in [5, 5.41) is 3.59. The molecule has 1 atom stereocenters. The molecule has 5 heteroatoms. The zero-order chi connectivity index (χ0) is 16.1. The second-order valence-corrected chi connectivity index (χ2v) is 7.41. The molecular weight excluding hydrogens is 306 g/mol. The molecule has 0 saturated carbocycles. The summed E-state index contributed by atoms with van der Waals surface area (Å²) in [5.41, 5.74) is 2.40. The second kappa shape index (κ2) is 7.70. The second-order valence-electron chi connectivity index (χ2n) is 6.03. The van der Waals surface area contributed by atoms with E-state index in [4.69, 9.17) is 0 Å². The molecule has 4 nitrogen and oxygen atoms in total. The number of benzene rings is 1. The number of rotatable bonds is 5. The Labute approximate surface area is 140 Å². The maximum Gasteiger partial charge on any atom is 0.0498 e. The average Bonchev–Trinajstić information content (AvgIpc) is 2.58. The molecule has 1 aliphatic heterocycles. The Bertz CT molecular complexity index is 637. The van der Waals surface area contributed by atoms with Gasteiger partial charge in [-0.15, -0.1) is 0 Å². The third kappa shape index (κ3) is 4.62. The van der Waals surface area contributed by atoms with E-state index in [1.165, 1.54) is 5.56 Å². The van der Waals surface area contributed by atoms with Crippen molar-refractivity contribution in [2.45, 2.75) is 30.3 Å². The van der Waals surface area contributed by atoms with Crippen LogP contribution in [0.15, 0.2) is 53.7 Å². The van der Waals surface area contributed by atoms with E-state index in [9.17, 15) is 4.21 Å². The summed E-state index contributed by atoms with van der Waals surface area (Å²) in [6, 6.07) is 12.6.